The van der Waals surface area contributed by atoms with Crippen molar-refractivity contribution in [1.82, 2.24) is 5.32 Å². The first kappa shape index (κ1) is 15.0. The molecular weight excluding hydrogens is 308 g/mol. The average molecular weight is 322 g/mol. The molecule has 0 bridgehead atoms. The van der Waals surface area contributed by atoms with E-state index >= 15 is 0 Å². The summed E-state index contributed by atoms with van der Waals surface area (Å²) in [6, 6.07) is 2.72. The molecule has 0 radical (unpaired) electrons. The van der Waals surface area contributed by atoms with Crippen LogP contribution in [0.1, 0.15) is 16.8 Å². The minimum absolute atomic E-state index is 0.0228. The largest absolute Gasteiger partial charge is 0.384 e. The molecule has 100 valence electrons. The van der Waals surface area contributed by atoms with E-state index in [0.717, 1.165) is 18.2 Å². The van der Waals surface area contributed by atoms with Crippen LogP contribution < -0.4 is 5.32 Å². The second kappa shape index (κ2) is 7.43. The van der Waals surface area contributed by atoms with Gasteiger partial charge in [-0.3, -0.25) is 4.79 Å². The fourth-order valence-corrected chi connectivity index (χ4v) is 1.89. The van der Waals surface area contributed by atoms with Gasteiger partial charge in [-0.05, 0) is 18.6 Å². The number of ether oxygens (including phenoxy) is 1. The molecule has 1 N–H and O–H groups in total. The Kier molecular flexibility index (Phi) is 6.21. The van der Waals surface area contributed by atoms with E-state index in [-0.39, 0.29) is 10.4 Å². The molecule has 0 saturated heterocycles. The van der Waals surface area contributed by atoms with Crippen LogP contribution in [-0.4, -0.2) is 31.0 Å². The van der Waals surface area contributed by atoms with Crippen molar-refractivity contribution in [1.29, 1.82) is 0 Å². The Bertz CT molecular complexity index is 395. The summed E-state index contributed by atoms with van der Waals surface area (Å²) in [5.74, 6) is -2.03. The third-order valence-electron chi connectivity index (χ3n) is 2.22. The molecule has 0 heterocycles. The Morgan fingerprint density at radius 2 is 2.00 bits per heavy atom. The standard InChI is InChI=1S/C12H14BrF2NO2/c1-18-7-9(13)2-3-16-12(17)8-4-10(14)6-11(15)5-8/h4-6,9H,2-3,7H2,1H3,(H,16,17). The lowest BCUT2D eigenvalue weighted by atomic mass is 10.2. The van der Waals surface area contributed by atoms with Crippen molar-refractivity contribution in [3.63, 3.8) is 0 Å². The summed E-state index contributed by atoms with van der Waals surface area (Å²) in [5.41, 5.74) is -0.0228. The van der Waals surface area contributed by atoms with Crippen molar-refractivity contribution >= 4 is 21.8 Å². The number of hydrogen-bond donors (Lipinski definition) is 1. The highest BCUT2D eigenvalue weighted by Gasteiger charge is 2.10. The van der Waals surface area contributed by atoms with E-state index in [0.29, 0.717) is 19.6 Å². The van der Waals surface area contributed by atoms with Crippen molar-refractivity contribution in [2.45, 2.75) is 11.2 Å². The van der Waals surface area contributed by atoms with Gasteiger partial charge in [0.15, 0.2) is 0 Å². The molecule has 1 aromatic carbocycles. The second-order valence-corrected chi connectivity index (χ2v) is 5.05. The Labute approximate surface area is 113 Å². The van der Waals surface area contributed by atoms with E-state index in [9.17, 15) is 13.6 Å². The topological polar surface area (TPSA) is 38.3 Å². The quantitative estimate of drug-likeness (QED) is 0.817. The van der Waals surface area contributed by atoms with Gasteiger partial charge in [0.1, 0.15) is 11.6 Å². The zero-order chi connectivity index (χ0) is 13.5. The van der Waals surface area contributed by atoms with Crippen molar-refractivity contribution < 1.29 is 18.3 Å². The van der Waals surface area contributed by atoms with Gasteiger partial charge in [0.25, 0.3) is 5.91 Å². The molecule has 6 heteroatoms. The summed E-state index contributed by atoms with van der Waals surface area (Å²) < 4.78 is 30.7. The third kappa shape index (κ3) is 5.10. The van der Waals surface area contributed by atoms with Gasteiger partial charge >= 0.3 is 0 Å². The van der Waals surface area contributed by atoms with Gasteiger partial charge < -0.3 is 10.1 Å². The van der Waals surface area contributed by atoms with E-state index in [1.54, 1.807) is 7.11 Å². The van der Waals surface area contributed by atoms with Crippen LogP contribution in [0.2, 0.25) is 0 Å². The molecule has 1 unspecified atom stereocenters. The number of rotatable bonds is 6. The zero-order valence-electron chi connectivity index (χ0n) is 9.88. The van der Waals surface area contributed by atoms with Crippen LogP contribution in [0.25, 0.3) is 0 Å². The Morgan fingerprint density at radius 3 is 2.56 bits per heavy atom. The number of nitrogens with one attached hydrogen (secondary N) is 1. The zero-order valence-corrected chi connectivity index (χ0v) is 11.5. The lowest BCUT2D eigenvalue weighted by molar-refractivity contribution is 0.0951. The first-order valence-corrected chi connectivity index (χ1v) is 6.32. The lowest BCUT2D eigenvalue weighted by Gasteiger charge is -2.09. The molecule has 18 heavy (non-hydrogen) atoms. The summed E-state index contributed by atoms with van der Waals surface area (Å²) in [5, 5.41) is 2.58. The fraction of sp³-hybridized carbons (Fsp3) is 0.417. The molecule has 0 aliphatic heterocycles. The molecule has 0 fully saturated rings. The predicted molar refractivity (Wildman–Crippen MR) is 67.9 cm³/mol. The lowest BCUT2D eigenvalue weighted by Crippen LogP contribution is -2.27. The van der Waals surface area contributed by atoms with Gasteiger partial charge in [0, 0.05) is 30.1 Å². The van der Waals surface area contributed by atoms with Crippen LogP contribution in [0.4, 0.5) is 8.78 Å². The van der Waals surface area contributed by atoms with Crippen LogP contribution in [0.5, 0.6) is 0 Å². The van der Waals surface area contributed by atoms with Crippen LogP contribution in [0.15, 0.2) is 18.2 Å². The van der Waals surface area contributed by atoms with Gasteiger partial charge in [0.2, 0.25) is 0 Å². The molecule has 0 spiro atoms. The van der Waals surface area contributed by atoms with Crippen LogP contribution in [0, 0.1) is 11.6 Å². The number of benzene rings is 1. The van der Waals surface area contributed by atoms with Gasteiger partial charge in [-0.25, -0.2) is 8.78 Å². The maximum Gasteiger partial charge on any atom is 0.251 e. The highest BCUT2D eigenvalue weighted by Crippen LogP contribution is 2.08. The SMILES string of the molecule is COCC(Br)CCNC(=O)c1cc(F)cc(F)c1. The van der Waals surface area contributed by atoms with E-state index < -0.39 is 17.5 Å². The maximum absolute atomic E-state index is 12.9. The van der Waals surface area contributed by atoms with E-state index in [4.69, 9.17) is 4.74 Å². The number of carbonyl (C=O) groups is 1. The highest BCUT2D eigenvalue weighted by molar-refractivity contribution is 9.09. The van der Waals surface area contributed by atoms with Crippen molar-refractivity contribution in [3.05, 3.63) is 35.4 Å². The summed E-state index contributed by atoms with van der Waals surface area (Å²) in [6.45, 7) is 0.931. The van der Waals surface area contributed by atoms with E-state index in [1.165, 1.54) is 0 Å². The van der Waals surface area contributed by atoms with E-state index in [2.05, 4.69) is 21.2 Å². The first-order chi connectivity index (χ1) is 8.52. The second-order valence-electron chi connectivity index (χ2n) is 3.76. The summed E-state index contributed by atoms with van der Waals surface area (Å²) in [7, 11) is 1.59. The Morgan fingerprint density at radius 1 is 1.39 bits per heavy atom. The van der Waals surface area contributed by atoms with Crippen LogP contribution in [0.3, 0.4) is 0 Å². The first-order valence-electron chi connectivity index (χ1n) is 5.40. The Balaban J connectivity index is 2.45. The number of hydrogen-bond acceptors (Lipinski definition) is 2. The highest BCUT2D eigenvalue weighted by atomic mass is 79.9. The third-order valence-corrected chi connectivity index (χ3v) is 2.94. The van der Waals surface area contributed by atoms with E-state index in [1.807, 2.05) is 0 Å². The van der Waals surface area contributed by atoms with Crippen LogP contribution >= 0.6 is 15.9 Å². The predicted octanol–water partition coefficient (Wildman–Crippen LogP) is 2.49. The molecule has 1 amide bonds. The molecule has 0 aliphatic rings. The summed E-state index contributed by atoms with van der Waals surface area (Å²) in [6.07, 6.45) is 0.664. The molecule has 3 nitrogen and oxygen atoms in total. The smallest absolute Gasteiger partial charge is 0.251 e. The summed E-state index contributed by atoms with van der Waals surface area (Å²) in [4.78, 5) is 11.7. The summed E-state index contributed by atoms with van der Waals surface area (Å²) >= 11 is 3.37. The normalized spacial score (nSPS) is 12.2. The number of alkyl halides is 1. The number of methoxy groups -OCH3 is 1. The van der Waals surface area contributed by atoms with Gasteiger partial charge in [-0.1, -0.05) is 15.9 Å². The Hall–Kier alpha value is -1.01. The van der Waals surface area contributed by atoms with Crippen LogP contribution in [-0.2, 0) is 4.74 Å². The van der Waals surface area contributed by atoms with Gasteiger partial charge in [-0.15, -0.1) is 0 Å². The number of halogens is 3. The fourth-order valence-electron chi connectivity index (χ4n) is 1.39. The number of amides is 1. The molecular formula is C12H14BrF2NO2. The van der Waals surface area contributed by atoms with Crippen molar-refractivity contribution in [2.75, 3.05) is 20.3 Å². The van der Waals surface area contributed by atoms with Crippen molar-refractivity contribution in [2.24, 2.45) is 0 Å². The minimum atomic E-state index is -0.766. The van der Waals surface area contributed by atoms with Gasteiger partial charge in [0.05, 0.1) is 6.61 Å². The maximum atomic E-state index is 12.9. The average Bonchev–Trinajstić information content (AvgIpc) is 2.27. The monoisotopic (exact) mass is 321 g/mol. The molecule has 1 rings (SSSR count). The molecule has 1 atom stereocenters. The number of carbonyl (C=O) groups excluding carboxylic acids is 1. The molecule has 0 aromatic heterocycles. The molecule has 1 aromatic rings. The minimum Gasteiger partial charge on any atom is -0.384 e. The molecule has 0 aliphatic carbocycles. The molecule has 0 saturated carbocycles. The van der Waals surface area contributed by atoms with Gasteiger partial charge in [-0.2, -0.15) is 0 Å². The van der Waals surface area contributed by atoms with Crippen molar-refractivity contribution in [3.8, 4) is 0 Å².